The van der Waals surface area contributed by atoms with Gasteiger partial charge in [-0.2, -0.15) is 0 Å². The smallest absolute Gasteiger partial charge is 0.337 e. The van der Waals surface area contributed by atoms with Gasteiger partial charge in [-0.15, -0.1) is 0 Å². The topological polar surface area (TPSA) is 40.5 Å². The fourth-order valence-corrected chi connectivity index (χ4v) is 2.87. The summed E-state index contributed by atoms with van der Waals surface area (Å²) in [5, 5.41) is 10.0. The Balaban J connectivity index is 2.43. The first-order chi connectivity index (χ1) is 9.91. The van der Waals surface area contributed by atoms with Crippen LogP contribution >= 0.6 is 27.5 Å². The van der Waals surface area contributed by atoms with E-state index < -0.39 is 5.97 Å². The van der Waals surface area contributed by atoms with Gasteiger partial charge in [-0.1, -0.05) is 45.7 Å². The Morgan fingerprint density at radius 1 is 1.29 bits per heavy atom. The van der Waals surface area contributed by atoms with Crippen LogP contribution in [0.2, 0.25) is 5.02 Å². The van der Waals surface area contributed by atoms with Gasteiger partial charge in [0.25, 0.3) is 0 Å². The van der Waals surface area contributed by atoms with Gasteiger partial charge in [-0.25, -0.2) is 4.79 Å². The van der Waals surface area contributed by atoms with E-state index in [1.165, 1.54) is 0 Å². The summed E-state index contributed by atoms with van der Waals surface area (Å²) < 4.78 is 0.738. The minimum absolute atomic E-state index is 0.0435. The summed E-state index contributed by atoms with van der Waals surface area (Å²) in [4.78, 5) is 13.3. The minimum atomic E-state index is -0.954. The molecule has 0 bridgehead atoms. The summed E-state index contributed by atoms with van der Waals surface area (Å²) in [6.07, 6.45) is 0. The number of hydrogen-bond donors (Lipinski definition) is 1. The second-order valence-corrected chi connectivity index (χ2v) is 6.10. The van der Waals surface area contributed by atoms with E-state index >= 15 is 0 Å². The first kappa shape index (κ1) is 15.9. The van der Waals surface area contributed by atoms with Crippen LogP contribution in [0.25, 0.3) is 0 Å². The molecule has 0 amide bonds. The maximum absolute atomic E-state index is 11.4. The number of carbonyl (C=O) groups is 1. The molecule has 3 nitrogen and oxygen atoms in total. The average molecular weight is 369 g/mol. The van der Waals surface area contributed by atoms with Gasteiger partial charge in [0, 0.05) is 16.5 Å². The lowest BCUT2D eigenvalue weighted by atomic mass is 10.0. The van der Waals surface area contributed by atoms with E-state index in [0.717, 1.165) is 10.0 Å². The first-order valence-corrected chi connectivity index (χ1v) is 7.59. The molecule has 2 aromatic carbocycles. The second kappa shape index (κ2) is 6.50. The second-order valence-electron chi connectivity index (χ2n) is 4.78. The molecule has 0 spiro atoms. The number of nitrogens with zero attached hydrogens (tertiary/aromatic N) is 1. The number of hydrogen-bond acceptors (Lipinski definition) is 2. The van der Waals surface area contributed by atoms with Crippen LogP contribution < -0.4 is 4.90 Å². The third-order valence-corrected chi connectivity index (χ3v) is 4.34. The van der Waals surface area contributed by atoms with E-state index in [9.17, 15) is 9.90 Å². The van der Waals surface area contributed by atoms with Crippen molar-refractivity contribution in [3.8, 4) is 0 Å². The normalized spacial score (nSPS) is 12.0. The van der Waals surface area contributed by atoms with Crippen molar-refractivity contribution in [2.24, 2.45) is 0 Å². The molecular formula is C16H15BrClNO2. The molecule has 21 heavy (non-hydrogen) atoms. The molecule has 0 aliphatic carbocycles. The van der Waals surface area contributed by atoms with Crippen LogP contribution in [0.1, 0.15) is 28.9 Å². The lowest BCUT2D eigenvalue weighted by Crippen LogP contribution is -2.24. The van der Waals surface area contributed by atoms with E-state index in [1.54, 1.807) is 12.1 Å². The Morgan fingerprint density at radius 2 is 1.95 bits per heavy atom. The molecule has 2 rings (SSSR count). The number of rotatable bonds is 4. The lowest BCUT2D eigenvalue weighted by Gasteiger charge is -2.29. The Kier molecular flexibility index (Phi) is 4.91. The van der Waals surface area contributed by atoms with Crippen molar-refractivity contribution in [3.63, 3.8) is 0 Å². The summed E-state index contributed by atoms with van der Waals surface area (Å²) in [6, 6.07) is 12.8. The monoisotopic (exact) mass is 367 g/mol. The molecule has 1 atom stereocenters. The van der Waals surface area contributed by atoms with Crippen LogP contribution in [0, 0.1) is 0 Å². The van der Waals surface area contributed by atoms with Crippen molar-refractivity contribution in [2.75, 3.05) is 11.9 Å². The SMILES string of the molecule is CC(c1ccccc1Cl)N(C)c1ccc(Br)cc1C(=O)O. The van der Waals surface area contributed by atoms with E-state index in [0.29, 0.717) is 10.7 Å². The summed E-state index contributed by atoms with van der Waals surface area (Å²) in [6.45, 7) is 1.99. The molecule has 0 aliphatic rings. The van der Waals surface area contributed by atoms with Gasteiger partial charge in [0.05, 0.1) is 17.3 Å². The molecule has 0 saturated heterocycles. The maximum atomic E-state index is 11.4. The number of carboxylic acid groups (broad SMARTS) is 1. The van der Waals surface area contributed by atoms with E-state index in [4.69, 9.17) is 11.6 Å². The van der Waals surface area contributed by atoms with Crippen LogP contribution in [0.3, 0.4) is 0 Å². The van der Waals surface area contributed by atoms with Crippen LogP contribution in [0.15, 0.2) is 46.9 Å². The molecule has 0 radical (unpaired) electrons. The van der Waals surface area contributed by atoms with Gasteiger partial charge in [0.15, 0.2) is 0 Å². The number of halogens is 2. The summed E-state index contributed by atoms with van der Waals surface area (Å²) in [5.74, 6) is -0.954. The minimum Gasteiger partial charge on any atom is -0.478 e. The van der Waals surface area contributed by atoms with E-state index in [2.05, 4.69) is 15.9 Å². The van der Waals surface area contributed by atoms with E-state index in [1.807, 2.05) is 49.2 Å². The molecule has 1 N–H and O–H groups in total. The predicted octanol–water partition coefficient (Wildman–Crippen LogP) is 5.00. The molecule has 1 unspecified atom stereocenters. The fraction of sp³-hybridized carbons (Fsp3) is 0.188. The van der Waals surface area contributed by atoms with Gasteiger partial charge in [-0.3, -0.25) is 0 Å². The molecule has 0 heterocycles. The van der Waals surface area contributed by atoms with Gasteiger partial charge in [0.2, 0.25) is 0 Å². The molecule has 0 aliphatic heterocycles. The highest BCUT2D eigenvalue weighted by Gasteiger charge is 2.20. The third-order valence-electron chi connectivity index (χ3n) is 3.51. The van der Waals surface area contributed by atoms with Crippen molar-refractivity contribution in [3.05, 3.63) is 63.1 Å². The standard InChI is InChI=1S/C16H15BrClNO2/c1-10(12-5-3-4-6-14(12)18)19(2)15-8-7-11(17)9-13(15)16(20)21/h3-10H,1-2H3,(H,20,21). The summed E-state index contributed by atoms with van der Waals surface area (Å²) in [5.41, 5.74) is 1.87. The molecule has 110 valence electrons. The van der Waals surface area contributed by atoms with Crippen LogP contribution in [0.5, 0.6) is 0 Å². The molecular weight excluding hydrogens is 354 g/mol. The number of carboxylic acids is 1. The highest BCUT2D eigenvalue weighted by Crippen LogP contribution is 2.32. The zero-order chi connectivity index (χ0) is 15.6. The maximum Gasteiger partial charge on any atom is 0.337 e. The van der Waals surface area contributed by atoms with Gasteiger partial charge in [-0.05, 0) is 36.8 Å². The third kappa shape index (κ3) is 3.39. The molecule has 2 aromatic rings. The molecule has 0 aromatic heterocycles. The zero-order valence-corrected chi connectivity index (χ0v) is 14.0. The molecule has 0 fully saturated rings. The van der Waals surface area contributed by atoms with Crippen molar-refractivity contribution in [1.29, 1.82) is 0 Å². The van der Waals surface area contributed by atoms with Crippen molar-refractivity contribution in [2.45, 2.75) is 13.0 Å². The fourth-order valence-electron chi connectivity index (χ4n) is 2.22. The largest absolute Gasteiger partial charge is 0.478 e. The van der Waals surface area contributed by atoms with Gasteiger partial charge >= 0.3 is 5.97 Å². The lowest BCUT2D eigenvalue weighted by molar-refractivity contribution is 0.0697. The Hall–Kier alpha value is -1.52. The van der Waals surface area contributed by atoms with Gasteiger partial charge < -0.3 is 10.0 Å². The molecule has 0 saturated carbocycles. The Morgan fingerprint density at radius 3 is 2.57 bits per heavy atom. The first-order valence-electron chi connectivity index (χ1n) is 6.42. The Bertz CT molecular complexity index is 675. The quantitative estimate of drug-likeness (QED) is 0.825. The highest BCUT2D eigenvalue weighted by atomic mass is 79.9. The van der Waals surface area contributed by atoms with Gasteiger partial charge in [0.1, 0.15) is 0 Å². The number of anilines is 1. The molecule has 5 heteroatoms. The van der Waals surface area contributed by atoms with Crippen LogP contribution in [-0.4, -0.2) is 18.1 Å². The summed E-state index contributed by atoms with van der Waals surface area (Å²) >= 11 is 9.53. The highest BCUT2D eigenvalue weighted by molar-refractivity contribution is 9.10. The van der Waals surface area contributed by atoms with Crippen LogP contribution in [0.4, 0.5) is 5.69 Å². The van der Waals surface area contributed by atoms with Crippen molar-refractivity contribution < 1.29 is 9.90 Å². The van der Waals surface area contributed by atoms with Crippen molar-refractivity contribution in [1.82, 2.24) is 0 Å². The average Bonchev–Trinajstić information content (AvgIpc) is 2.46. The summed E-state index contributed by atoms with van der Waals surface area (Å²) in [7, 11) is 1.86. The number of benzene rings is 2. The Labute approximate surface area is 137 Å². The van der Waals surface area contributed by atoms with Crippen molar-refractivity contribution >= 4 is 39.2 Å². The van der Waals surface area contributed by atoms with E-state index in [-0.39, 0.29) is 11.6 Å². The zero-order valence-electron chi connectivity index (χ0n) is 11.7. The van der Waals surface area contributed by atoms with Crippen LogP contribution in [-0.2, 0) is 0 Å². The number of aromatic carboxylic acids is 1. The predicted molar refractivity (Wildman–Crippen MR) is 89.4 cm³/mol.